The first-order valence-electron chi connectivity index (χ1n) is 5.31. The number of carbonyl (C=O) groups excluding carboxylic acids is 1. The molecule has 0 radical (unpaired) electrons. The van der Waals surface area contributed by atoms with E-state index >= 15 is 0 Å². The second kappa shape index (κ2) is 7.23. The van der Waals surface area contributed by atoms with Crippen molar-refractivity contribution in [2.75, 3.05) is 0 Å². The van der Waals surface area contributed by atoms with Crippen LogP contribution in [0.5, 0.6) is 0 Å². The maximum atomic E-state index is 11.4. The summed E-state index contributed by atoms with van der Waals surface area (Å²) in [6.45, 7) is 3.72. The van der Waals surface area contributed by atoms with Crippen LogP contribution >= 0.6 is 0 Å². The zero-order valence-corrected chi connectivity index (χ0v) is 9.32. The quantitative estimate of drug-likeness (QED) is 0.577. The molecule has 2 atom stereocenters. The van der Waals surface area contributed by atoms with E-state index in [0.29, 0.717) is 12.8 Å². The molecular weight excluding hydrogens is 196 g/mol. The second-order valence-corrected chi connectivity index (χ2v) is 3.56. The van der Waals surface area contributed by atoms with Gasteiger partial charge in [0.1, 0.15) is 6.04 Å². The Kier molecular flexibility index (Phi) is 6.70. The fourth-order valence-electron chi connectivity index (χ4n) is 1.17. The molecule has 0 aromatic rings. The fourth-order valence-corrected chi connectivity index (χ4v) is 1.17. The number of carbonyl (C=O) groups is 2. The maximum Gasteiger partial charge on any atom is 0.326 e. The monoisotopic (exact) mass is 216 g/mol. The highest BCUT2D eigenvalue weighted by Crippen LogP contribution is 1.99. The predicted molar refractivity (Wildman–Crippen MR) is 57.4 cm³/mol. The van der Waals surface area contributed by atoms with Crippen molar-refractivity contribution in [2.24, 2.45) is 5.73 Å². The zero-order chi connectivity index (χ0) is 11.8. The first-order chi connectivity index (χ1) is 7.02. The van der Waals surface area contributed by atoms with E-state index < -0.39 is 18.1 Å². The van der Waals surface area contributed by atoms with Gasteiger partial charge >= 0.3 is 5.97 Å². The van der Waals surface area contributed by atoms with E-state index in [2.05, 4.69) is 5.32 Å². The normalized spacial score (nSPS) is 14.3. The van der Waals surface area contributed by atoms with E-state index in [1.54, 1.807) is 6.92 Å². The highest BCUT2D eigenvalue weighted by molar-refractivity contribution is 5.86. The van der Waals surface area contributed by atoms with Gasteiger partial charge in [0.05, 0.1) is 6.04 Å². The van der Waals surface area contributed by atoms with Gasteiger partial charge in [-0.15, -0.1) is 0 Å². The number of nitrogens with two attached hydrogens (primary N) is 1. The van der Waals surface area contributed by atoms with Crippen LogP contribution in [0.3, 0.4) is 0 Å². The van der Waals surface area contributed by atoms with Crippen molar-refractivity contribution in [3.8, 4) is 0 Å². The van der Waals surface area contributed by atoms with Gasteiger partial charge in [0, 0.05) is 0 Å². The van der Waals surface area contributed by atoms with E-state index in [4.69, 9.17) is 10.8 Å². The zero-order valence-electron chi connectivity index (χ0n) is 9.32. The molecule has 0 saturated heterocycles. The van der Waals surface area contributed by atoms with Crippen LogP contribution < -0.4 is 11.1 Å². The molecule has 5 nitrogen and oxygen atoms in total. The number of amides is 1. The molecule has 0 unspecified atom stereocenters. The predicted octanol–water partition coefficient (Wildman–Crippen LogP) is 0.483. The van der Waals surface area contributed by atoms with E-state index in [1.807, 2.05) is 6.92 Å². The number of aliphatic carboxylic acids is 1. The minimum atomic E-state index is -1.02. The van der Waals surface area contributed by atoms with E-state index in [0.717, 1.165) is 12.8 Å². The summed E-state index contributed by atoms with van der Waals surface area (Å²) in [5, 5.41) is 11.1. The summed E-state index contributed by atoms with van der Waals surface area (Å²) < 4.78 is 0. The highest BCUT2D eigenvalue weighted by atomic mass is 16.4. The second-order valence-electron chi connectivity index (χ2n) is 3.56. The highest BCUT2D eigenvalue weighted by Gasteiger charge is 2.20. The van der Waals surface area contributed by atoms with Gasteiger partial charge in [-0.1, -0.05) is 26.7 Å². The fraction of sp³-hybridized carbons (Fsp3) is 0.800. The lowest BCUT2D eigenvalue weighted by Gasteiger charge is -2.16. The number of hydrogen-bond acceptors (Lipinski definition) is 3. The molecule has 0 aromatic carbocycles. The van der Waals surface area contributed by atoms with Crippen molar-refractivity contribution in [3.63, 3.8) is 0 Å². The molecule has 0 fully saturated rings. The number of carboxylic acid groups (broad SMARTS) is 1. The van der Waals surface area contributed by atoms with Gasteiger partial charge in [-0.2, -0.15) is 0 Å². The molecule has 5 heteroatoms. The summed E-state index contributed by atoms with van der Waals surface area (Å²) in [7, 11) is 0. The lowest BCUT2D eigenvalue weighted by Crippen LogP contribution is -2.48. The lowest BCUT2D eigenvalue weighted by atomic mass is 10.1. The number of nitrogens with one attached hydrogen (secondary N) is 1. The summed E-state index contributed by atoms with van der Waals surface area (Å²) >= 11 is 0. The number of unbranched alkanes of at least 4 members (excludes halogenated alkanes) is 1. The Morgan fingerprint density at radius 2 is 2.00 bits per heavy atom. The van der Waals surface area contributed by atoms with Gasteiger partial charge in [-0.25, -0.2) is 4.79 Å². The maximum absolute atomic E-state index is 11.4. The number of hydrogen-bond donors (Lipinski definition) is 3. The molecule has 0 aromatic heterocycles. The number of carboxylic acids is 1. The van der Waals surface area contributed by atoms with Crippen molar-refractivity contribution in [2.45, 2.75) is 51.6 Å². The van der Waals surface area contributed by atoms with Crippen molar-refractivity contribution in [3.05, 3.63) is 0 Å². The summed E-state index contributed by atoms with van der Waals surface area (Å²) in [6, 6.07) is -1.43. The molecule has 0 spiro atoms. The molecular formula is C10H20N2O3. The largest absolute Gasteiger partial charge is 0.480 e. The molecule has 0 aliphatic carbocycles. The Hall–Kier alpha value is -1.10. The summed E-state index contributed by atoms with van der Waals surface area (Å²) in [4.78, 5) is 22.1. The van der Waals surface area contributed by atoms with Crippen molar-refractivity contribution in [1.29, 1.82) is 0 Å². The first kappa shape index (κ1) is 13.9. The van der Waals surface area contributed by atoms with Crippen LogP contribution in [0.4, 0.5) is 0 Å². The molecule has 0 rings (SSSR count). The minimum Gasteiger partial charge on any atom is -0.480 e. The summed E-state index contributed by atoms with van der Waals surface area (Å²) in [6.07, 6.45) is 2.80. The van der Waals surface area contributed by atoms with Crippen LogP contribution in [0.2, 0.25) is 0 Å². The topological polar surface area (TPSA) is 92.4 Å². The van der Waals surface area contributed by atoms with Crippen LogP contribution in [0.15, 0.2) is 0 Å². The molecule has 0 aliphatic heterocycles. The lowest BCUT2D eigenvalue weighted by molar-refractivity contribution is -0.142. The van der Waals surface area contributed by atoms with Crippen molar-refractivity contribution < 1.29 is 14.7 Å². The average molecular weight is 216 g/mol. The SMILES string of the molecule is CCCC[C@H](N)C(=O)N[C@@H](CC)C(=O)O. The molecule has 1 amide bonds. The Bertz CT molecular complexity index is 219. The third-order valence-electron chi connectivity index (χ3n) is 2.23. The minimum absolute atomic E-state index is 0.363. The molecule has 0 saturated carbocycles. The first-order valence-corrected chi connectivity index (χ1v) is 5.31. The third-order valence-corrected chi connectivity index (χ3v) is 2.23. The molecule has 0 heterocycles. The third kappa shape index (κ3) is 5.37. The van der Waals surface area contributed by atoms with E-state index in [9.17, 15) is 9.59 Å². The van der Waals surface area contributed by atoms with Gasteiger partial charge < -0.3 is 16.2 Å². The Labute approximate surface area is 90.0 Å². The van der Waals surface area contributed by atoms with Gasteiger partial charge in [-0.3, -0.25) is 4.79 Å². The van der Waals surface area contributed by atoms with Crippen molar-refractivity contribution >= 4 is 11.9 Å². The van der Waals surface area contributed by atoms with Gasteiger partial charge in [-0.05, 0) is 12.8 Å². The standard InChI is InChI=1S/C10H20N2O3/c1-3-5-6-7(11)9(13)12-8(4-2)10(14)15/h7-8H,3-6,11H2,1-2H3,(H,12,13)(H,14,15)/t7-,8-/m0/s1. The van der Waals surface area contributed by atoms with E-state index in [-0.39, 0.29) is 5.91 Å². The van der Waals surface area contributed by atoms with Crippen LogP contribution in [-0.4, -0.2) is 29.1 Å². The molecule has 4 N–H and O–H groups in total. The Morgan fingerprint density at radius 3 is 2.40 bits per heavy atom. The van der Waals surface area contributed by atoms with Crippen LogP contribution in [0, 0.1) is 0 Å². The van der Waals surface area contributed by atoms with Gasteiger partial charge in [0.25, 0.3) is 0 Å². The number of rotatable bonds is 7. The van der Waals surface area contributed by atoms with Gasteiger partial charge in [0.2, 0.25) is 5.91 Å². The molecule has 0 bridgehead atoms. The van der Waals surface area contributed by atoms with Crippen LogP contribution in [0.25, 0.3) is 0 Å². The van der Waals surface area contributed by atoms with Crippen LogP contribution in [-0.2, 0) is 9.59 Å². The Morgan fingerprint density at radius 1 is 1.40 bits per heavy atom. The molecule has 15 heavy (non-hydrogen) atoms. The van der Waals surface area contributed by atoms with E-state index in [1.165, 1.54) is 0 Å². The summed E-state index contributed by atoms with van der Waals surface area (Å²) in [5.41, 5.74) is 5.60. The van der Waals surface area contributed by atoms with Crippen molar-refractivity contribution in [1.82, 2.24) is 5.32 Å². The average Bonchev–Trinajstić information content (AvgIpc) is 2.21. The van der Waals surface area contributed by atoms with Gasteiger partial charge in [0.15, 0.2) is 0 Å². The molecule has 88 valence electrons. The molecule has 0 aliphatic rings. The van der Waals surface area contributed by atoms with Crippen LogP contribution in [0.1, 0.15) is 39.5 Å². The smallest absolute Gasteiger partial charge is 0.326 e. The Balaban J connectivity index is 4.04. The summed E-state index contributed by atoms with van der Waals surface area (Å²) in [5.74, 6) is -1.40.